The number of sulfone groups is 1. The molecule has 0 spiro atoms. The second kappa shape index (κ2) is 8.80. The standard InChI is InChI=1S/C27H28N2O4S/c1-3-29-25-13-7-19(15-23(25)24-16-21(10-14-26(24)29)33-20-8-9-20)27(30)28-17-18-5-11-22(12-6-18)34(31,32)4-2/h5-7,10-16,20H,3-4,8-9,17H2,1-2H3,(H,28,30). The largest absolute Gasteiger partial charge is 0.490 e. The SMILES string of the molecule is CCn1c2ccc(OC3CC3)cc2c2cc(C(=O)NCc3ccc(S(=O)(=O)CC)cc3)ccc21. The first-order valence-corrected chi connectivity index (χ1v) is 13.4. The van der Waals surface area contributed by atoms with Crippen LogP contribution in [0.4, 0.5) is 0 Å². The number of aromatic nitrogens is 1. The summed E-state index contributed by atoms with van der Waals surface area (Å²) in [5, 5.41) is 5.06. The summed E-state index contributed by atoms with van der Waals surface area (Å²) in [7, 11) is -3.23. The summed E-state index contributed by atoms with van der Waals surface area (Å²) in [5.41, 5.74) is 3.64. The number of hydrogen-bond donors (Lipinski definition) is 1. The highest BCUT2D eigenvalue weighted by atomic mass is 32.2. The molecular formula is C27H28N2O4S. The van der Waals surface area contributed by atoms with Crippen LogP contribution in [-0.2, 0) is 22.9 Å². The fourth-order valence-corrected chi connectivity index (χ4v) is 5.17. The Morgan fingerprint density at radius 3 is 2.29 bits per heavy atom. The molecule has 0 aliphatic heterocycles. The van der Waals surface area contributed by atoms with Crippen LogP contribution in [0.15, 0.2) is 65.6 Å². The Bertz CT molecular complexity index is 1480. The number of rotatable bonds is 8. The van der Waals surface area contributed by atoms with Gasteiger partial charge in [-0.05, 0) is 73.9 Å². The van der Waals surface area contributed by atoms with Gasteiger partial charge in [0.25, 0.3) is 5.91 Å². The Kier molecular flexibility index (Phi) is 5.81. The van der Waals surface area contributed by atoms with E-state index in [4.69, 9.17) is 4.74 Å². The number of ether oxygens (including phenoxy) is 1. The van der Waals surface area contributed by atoms with E-state index < -0.39 is 9.84 Å². The van der Waals surface area contributed by atoms with E-state index in [-0.39, 0.29) is 11.7 Å². The summed E-state index contributed by atoms with van der Waals surface area (Å²) < 4.78 is 32.2. The van der Waals surface area contributed by atoms with E-state index in [2.05, 4.69) is 28.9 Å². The molecule has 1 N–H and O–H groups in total. The number of carbonyl (C=O) groups excluding carboxylic acids is 1. The topological polar surface area (TPSA) is 77.4 Å². The molecule has 1 saturated carbocycles. The van der Waals surface area contributed by atoms with Crippen LogP contribution in [0.5, 0.6) is 5.75 Å². The third kappa shape index (κ3) is 4.28. The highest BCUT2D eigenvalue weighted by molar-refractivity contribution is 7.91. The summed E-state index contributed by atoms with van der Waals surface area (Å²) in [4.78, 5) is 13.2. The van der Waals surface area contributed by atoms with Crippen LogP contribution < -0.4 is 10.1 Å². The molecule has 1 amide bonds. The van der Waals surface area contributed by atoms with Crippen molar-refractivity contribution in [2.24, 2.45) is 0 Å². The minimum absolute atomic E-state index is 0.0637. The molecule has 1 aliphatic carbocycles. The van der Waals surface area contributed by atoms with Gasteiger partial charge < -0.3 is 14.6 Å². The minimum atomic E-state index is -3.23. The zero-order chi connectivity index (χ0) is 23.9. The third-order valence-corrected chi connectivity index (χ3v) is 8.11. The second-order valence-corrected chi connectivity index (χ2v) is 11.0. The van der Waals surface area contributed by atoms with E-state index >= 15 is 0 Å². The van der Waals surface area contributed by atoms with Crippen LogP contribution in [0, 0.1) is 0 Å². The predicted octanol–water partition coefficient (Wildman–Crippen LogP) is 5.08. The van der Waals surface area contributed by atoms with Crippen molar-refractivity contribution in [2.75, 3.05) is 5.75 Å². The number of hydrogen-bond acceptors (Lipinski definition) is 4. The first-order chi connectivity index (χ1) is 16.4. The normalized spacial score (nSPS) is 13.9. The lowest BCUT2D eigenvalue weighted by Crippen LogP contribution is -2.22. The molecule has 1 fully saturated rings. The quantitative estimate of drug-likeness (QED) is 0.385. The Morgan fingerprint density at radius 2 is 1.65 bits per heavy atom. The smallest absolute Gasteiger partial charge is 0.251 e. The van der Waals surface area contributed by atoms with E-state index in [0.717, 1.165) is 52.5 Å². The molecule has 0 saturated heterocycles. The molecule has 0 unspecified atom stereocenters. The maximum atomic E-state index is 12.9. The van der Waals surface area contributed by atoms with E-state index in [9.17, 15) is 13.2 Å². The average molecular weight is 477 g/mol. The highest BCUT2D eigenvalue weighted by Gasteiger charge is 2.24. The Labute approximate surface area is 199 Å². The monoisotopic (exact) mass is 476 g/mol. The van der Waals surface area contributed by atoms with Crippen molar-refractivity contribution < 1.29 is 17.9 Å². The maximum Gasteiger partial charge on any atom is 0.251 e. The number of nitrogens with zero attached hydrogens (tertiary/aromatic N) is 1. The second-order valence-electron chi connectivity index (χ2n) is 8.70. The number of fused-ring (bicyclic) bond motifs is 3. The summed E-state index contributed by atoms with van der Waals surface area (Å²) in [6, 6.07) is 18.6. The highest BCUT2D eigenvalue weighted by Crippen LogP contribution is 2.34. The summed E-state index contributed by atoms with van der Waals surface area (Å²) in [6.45, 7) is 4.89. The summed E-state index contributed by atoms with van der Waals surface area (Å²) >= 11 is 0. The van der Waals surface area contributed by atoms with Crippen LogP contribution in [0.2, 0.25) is 0 Å². The predicted molar refractivity (Wildman–Crippen MR) is 134 cm³/mol. The summed E-state index contributed by atoms with van der Waals surface area (Å²) in [5.74, 6) is 0.761. The molecule has 5 rings (SSSR count). The molecule has 34 heavy (non-hydrogen) atoms. The molecule has 0 radical (unpaired) electrons. The zero-order valence-corrected chi connectivity index (χ0v) is 20.2. The minimum Gasteiger partial charge on any atom is -0.490 e. The number of benzene rings is 3. The summed E-state index contributed by atoms with van der Waals surface area (Å²) in [6.07, 6.45) is 2.54. The Balaban J connectivity index is 1.39. The molecule has 1 aromatic heterocycles. The lowest BCUT2D eigenvalue weighted by Gasteiger charge is -2.08. The van der Waals surface area contributed by atoms with Gasteiger partial charge in [-0.3, -0.25) is 4.79 Å². The van der Waals surface area contributed by atoms with Gasteiger partial charge in [0.15, 0.2) is 9.84 Å². The maximum absolute atomic E-state index is 12.9. The van der Waals surface area contributed by atoms with E-state index in [1.165, 1.54) is 0 Å². The number of carbonyl (C=O) groups is 1. The first-order valence-electron chi connectivity index (χ1n) is 11.7. The molecule has 7 heteroatoms. The molecule has 4 aromatic rings. The number of nitrogens with one attached hydrogen (secondary N) is 1. The fourth-order valence-electron chi connectivity index (χ4n) is 4.28. The van der Waals surface area contributed by atoms with Crippen molar-refractivity contribution in [2.45, 2.75) is 50.8 Å². The molecule has 1 heterocycles. The van der Waals surface area contributed by atoms with E-state index in [1.54, 1.807) is 31.2 Å². The van der Waals surface area contributed by atoms with Crippen LogP contribution in [-0.4, -0.2) is 30.7 Å². The zero-order valence-electron chi connectivity index (χ0n) is 19.4. The van der Waals surface area contributed by atoms with Gasteiger partial charge in [0.2, 0.25) is 0 Å². The van der Waals surface area contributed by atoms with Gasteiger partial charge in [0.1, 0.15) is 5.75 Å². The van der Waals surface area contributed by atoms with Gasteiger partial charge in [-0.2, -0.15) is 0 Å². The number of amides is 1. The average Bonchev–Trinajstić information content (AvgIpc) is 3.62. The third-order valence-electron chi connectivity index (χ3n) is 6.36. The lowest BCUT2D eigenvalue weighted by molar-refractivity contribution is 0.0951. The molecule has 1 aliphatic rings. The van der Waals surface area contributed by atoms with Crippen molar-refractivity contribution in [3.63, 3.8) is 0 Å². The fraction of sp³-hybridized carbons (Fsp3) is 0.296. The van der Waals surface area contributed by atoms with E-state index in [1.807, 2.05) is 24.3 Å². The molecule has 6 nitrogen and oxygen atoms in total. The van der Waals surface area contributed by atoms with Gasteiger partial charge in [-0.15, -0.1) is 0 Å². The molecular weight excluding hydrogens is 448 g/mol. The molecule has 0 atom stereocenters. The number of aryl methyl sites for hydroxylation is 1. The van der Waals surface area contributed by atoms with Crippen LogP contribution in [0.1, 0.15) is 42.6 Å². The van der Waals surface area contributed by atoms with Crippen molar-refractivity contribution in [3.8, 4) is 5.75 Å². The van der Waals surface area contributed by atoms with Crippen LogP contribution in [0.3, 0.4) is 0 Å². The van der Waals surface area contributed by atoms with Gasteiger partial charge in [0.05, 0.1) is 16.8 Å². The Morgan fingerprint density at radius 1 is 0.971 bits per heavy atom. The van der Waals surface area contributed by atoms with Gasteiger partial charge in [-0.1, -0.05) is 19.1 Å². The van der Waals surface area contributed by atoms with Crippen LogP contribution >= 0.6 is 0 Å². The molecule has 3 aromatic carbocycles. The molecule has 0 bridgehead atoms. The van der Waals surface area contributed by atoms with Crippen molar-refractivity contribution >= 4 is 37.6 Å². The van der Waals surface area contributed by atoms with Crippen molar-refractivity contribution in [1.82, 2.24) is 9.88 Å². The van der Waals surface area contributed by atoms with E-state index in [0.29, 0.717) is 23.1 Å². The van der Waals surface area contributed by atoms with Crippen molar-refractivity contribution in [1.29, 1.82) is 0 Å². The molecule has 176 valence electrons. The Hall–Kier alpha value is -3.32. The van der Waals surface area contributed by atoms with Crippen molar-refractivity contribution in [3.05, 3.63) is 71.8 Å². The van der Waals surface area contributed by atoms with Gasteiger partial charge in [0, 0.05) is 40.5 Å². The van der Waals surface area contributed by atoms with Gasteiger partial charge in [-0.25, -0.2) is 8.42 Å². The van der Waals surface area contributed by atoms with Gasteiger partial charge >= 0.3 is 0 Å². The van der Waals surface area contributed by atoms with Crippen LogP contribution in [0.25, 0.3) is 21.8 Å². The first kappa shape index (κ1) is 22.5. The lowest BCUT2D eigenvalue weighted by atomic mass is 10.1.